The van der Waals surface area contributed by atoms with E-state index in [1.807, 2.05) is 36.2 Å². The molecule has 8 nitrogen and oxygen atoms in total. The molecule has 5 rings (SSSR count). The summed E-state index contributed by atoms with van der Waals surface area (Å²) in [6, 6.07) is 9.63. The minimum Gasteiger partial charge on any atom is -0.491 e. The summed E-state index contributed by atoms with van der Waals surface area (Å²) >= 11 is 1.47. The molecule has 2 aromatic heterocycles. The Kier molecular flexibility index (Phi) is 4.70. The van der Waals surface area contributed by atoms with Crippen LogP contribution in [0.4, 0.5) is 10.8 Å². The molecule has 2 aromatic carbocycles. The molecule has 1 aliphatic heterocycles. The number of ether oxygens (including phenoxy) is 1. The fourth-order valence-corrected chi connectivity index (χ4v) is 4.79. The largest absolute Gasteiger partial charge is 0.491 e. The maximum absolute atomic E-state index is 11.7. The van der Waals surface area contributed by atoms with Crippen LogP contribution in [0.15, 0.2) is 30.3 Å². The highest BCUT2D eigenvalue weighted by Gasteiger charge is 2.23. The summed E-state index contributed by atoms with van der Waals surface area (Å²) in [7, 11) is 1.85. The summed E-state index contributed by atoms with van der Waals surface area (Å²) in [4.78, 5) is 22.9. The zero-order valence-corrected chi connectivity index (χ0v) is 18.3. The third kappa shape index (κ3) is 3.34. The number of rotatable bonds is 4. The zero-order valence-electron chi connectivity index (χ0n) is 17.5. The number of fused-ring (bicyclic) bond motifs is 1. The van der Waals surface area contributed by atoms with Gasteiger partial charge in [0.1, 0.15) is 23.1 Å². The maximum atomic E-state index is 11.7. The lowest BCUT2D eigenvalue weighted by Gasteiger charge is -2.25. The van der Waals surface area contributed by atoms with Crippen molar-refractivity contribution < 1.29 is 9.53 Å². The van der Waals surface area contributed by atoms with Gasteiger partial charge < -0.3 is 25.7 Å². The second-order valence-corrected chi connectivity index (χ2v) is 8.94. The van der Waals surface area contributed by atoms with Gasteiger partial charge in [0.15, 0.2) is 5.13 Å². The van der Waals surface area contributed by atoms with Crippen LogP contribution >= 0.6 is 11.3 Å². The van der Waals surface area contributed by atoms with Crippen LogP contribution < -0.4 is 21.1 Å². The molecule has 4 N–H and O–H groups in total. The Labute approximate surface area is 183 Å². The Bertz CT molecular complexity index is 1310. The molecule has 9 heteroatoms. The number of hydrogen-bond acceptors (Lipinski definition) is 7. The molecule has 0 saturated heterocycles. The van der Waals surface area contributed by atoms with Gasteiger partial charge in [-0.25, -0.2) is 9.97 Å². The molecule has 31 heavy (non-hydrogen) atoms. The highest BCUT2D eigenvalue weighted by molar-refractivity contribution is 7.22. The molecular weight excluding hydrogens is 412 g/mol. The van der Waals surface area contributed by atoms with Gasteiger partial charge in [-0.1, -0.05) is 11.3 Å². The van der Waals surface area contributed by atoms with Crippen molar-refractivity contribution in [1.29, 1.82) is 0 Å². The van der Waals surface area contributed by atoms with Crippen molar-refractivity contribution in [2.75, 3.05) is 24.3 Å². The molecule has 0 fully saturated rings. The average Bonchev–Trinajstić information content (AvgIpc) is 3.28. The monoisotopic (exact) mass is 436 g/mol. The van der Waals surface area contributed by atoms with Crippen molar-refractivity contribution in [3.8, 4) is 17.1 Å². The molecule has 3 heterocycles. The molecule has 1 amide bonds. The second-order valence-electron chi connectivity index (χ2n) is 7.88. The van der Waals surface area contributed by atoms with E-state index in [-0.39, 0.29) is 5.91 Å². The third-order valence-electron chi connectivity index (χ3n) is 5.89. The number of nitrogens with two attached hydrogens (primary N) is 2. The number of likely N-dealkylation sites (N-methyl/N-ethyl adjacent to an activating group) is 1. The number of anilines is 2. The number of benzene rings is 2. The normalized spacial score (nSPS) is 14.8. The van der Waals surface area contributed by atoms with Crippen molar-refractivity contribution in [2.45, 2.75) is 32.4 Å². The van der Waals surface area contributed by atoms with E-state index in [1.165, 1.54) is 11.3 Å². The number of amides is 1. The Morgan fingerprint density at radius 1 is 1.23 bits per heavy atom. The number of aryl methyl sites for hydroxylation is 1. The maximum Gasteiger partial charge on any atom is 0.239 e. The quantitative estimate of drug-likeness (QED) is 0.507. The van der Waals surface area contributed by atoms with E-state index in [4.69, 9.17) is 21.2 Å². The lowest BCUT2D eigenvalue weighted by atomic mass is 10.1. The van der Waals surface area contributed by atoms with Gasteiger partial charge in [0, 0.05) is 30.9 Å². The molecule has 0 saturated carbocycles. The fourth-order valence-electron chi connectivity index (χ4n) is 4.02. The average molecular weight is 437 g/mol. The summed E-state index contributed by atoms with van der Waals surface area (Å²) in [6.45, 7) is 3.30. The summed E-state index contributed by atoms with van der Waals surface area (Å²) in [5.41, 5.74) is 16.0. The summed E-state index contributed by atoms with van der Waals surface area (Å²) in [6.07, 6.45) is 1.97. The van der Waals surface area contributed by atoms with E-state index < -0.39 is 6.04 Å². The van der Waals surface area contributed by atoms with Crippen LogP contribution in [-0.2, 0) is 11.3 Å². The van der Waals surface area contributed by atoms with Crippen molar-refractivity contribution in [2.24, 2.45) is 5.73 Å². The predicted octanol–water partition coefficient (Wildman–Crippen LogP) is 3.38. The Balaban J connectivity index is 1.70. The van der Waals surface area contributed by atoms with E-state index in [9.17, 15) is 4.79 Å². The van der Waals surface area contributed by atoms with E-state index in [0.29, 0.717) is 11.7 Å². The molecule has 0 spiro atoms. The number of aromatic nitrogens is 3. The number of imidazole rings is 1. The number of carbonyl (C=O) groups excluding carboxylic acids is 1. The van der Waals surface area contributed by atoms with Gasteiger partial charge in [0.25, 0.3) is 0 Å². The number of hydrogen-bond donors (Lipinski definition) is 2. The second kappa shape index (κ2) is 7.42. The Morgan fingerprint density at radius 2 is 2.06 bits per heavy atom. The zero-order chi connectivity index (χ0) is 21.7. The van der Waals surface area contributed by atoms with Gasteiger partial charge in [-0.05, 0) is 44.0 Å². The SMILES string of the molecule is C[C@@H](C(N)=O)N(C)c1cc2c3c(c1)nc(-c1ccc4nc(N)sc4c1)n3CCCCO2. The molecule has 0 radical (unpaired) electrons. The number of nitrogens with zero attached hydrogens (tertiary/aromatic N) is 4. The first-order chi connectivity index (χ1) is 14.9. The first-order valence-corrected chi connectivity index (χ1v) is 11.1. The molecule has 160 valence electrons. The van der Waals surface area contributed by atoms with Gasteiger partial charge in [0.05, 0.1) is 22.3 Å². The third-order valence-corrected chi connectivity index (χ3v) is 6.74. The number of primary amides is 1. The van der Waals surface area contributed by atoms with Crippen LogP contribution in [0.25, 0.3) is 32.6 Å². The van der Waals surface area contributed by atoms with E-state index >= 15 is 0 Å². The molecule has 0 aliphatic carbocycles. The minimum atomic E-state index is -0.445. The van der Waals surface area contributed by atoms with Crippen LogP contribution in [-0.4, -0.2) is 40.1 Å². The van der Waals surface area contributed by atoms with Crippen LogP contribution in [0.1, 0.15) is 19.8 Å². The molecule has 1 aliphatic rings. The van der Waals surface area contributed by atoms with Crippen molar-refractivity contribution in [1.82, 2.24) is 14.5 Å². The highest BCUT2D eigenvalue weighted by atomic mass is 32.1. The van der Waals surface area contributed by atoms with Gasteiger partial charge in [-0.15, -0.1) is 0 Å². The summed E-state index contributed by atoms with van der Waals surface area (Å²) < 4.78 is 9.39. The van der Waals surface area contributed by atoms with E-state index in [1.54, 1.807) is 6.92 Å². The van der Waals surface area contributed by atoms with Crippen LogP contribution in [0.3, 0.4) is 0 Å². The van der Waals surface area contributed by atoms with E-state index in [2.05, 4.69) is 15.6 Å². The first kappa shape index (κ1) is 19.6. The smallest absolute Gasteiger partial charge is 0.239 e. The lowest BCUT2D eigenvalue weighted by molar-refractivity contribution is -0.118. The van der Waals surface area contributed by atoms with Gasteiger partial charge >= 0.3 is 0 Å². The number of thiazole rings is 1. The molecule has 4 aromatic rings. The predicted molar refractivity (Wildman–Crippen MR) is 125 cm³/mol. The number of nitrogen functional groups attached to an aromatic ring is 1. The molecular formula is C22H24N6O2S. The van der Waals surface area contributed by atoms with E-state index in [0.717, 1.165) is 63.5 Å². The summed E-state index contributed by atoms with van der Waals surface area (Å²) in [5.74, 6) is 1.28. The van der Waals surface area contributed by atoms with Crippen LogP contribution in [0, 0.1) is 0 Å². The van der Waals surface area contributed by atoms with Crippen LogP contribution in [0.2, 0.25) is 0 Å². The Hall–Kier alpha value is -3.33. The first-order valence-electron chi connectivity index (χ1n) is 10.3. The molecule has 1 atom stereocenters. The minimum absolute atomic E-state index is 0.380. The van der Waals surface area contributed by atoms with Crippen molar-refractivity contribution in [3.05, 3.63) is 30.3 Å². The molecule has 0 bridgehead atoms. The summed E-state index contributed by atoms with van der Waals surface area (Å²) in [5, 5.41) is 0.557. The lowest BCUT2D eigenvalue weighted by Crippen LogP contribution is -2.40. The fraction of sp³-hybridized carbons (Fsp3) is 0.318. The highest BCUT2D eigenvalue weighted by Crippen LogP contribution is 2.38. The van der Waals surface area contributed by atoms with Gasteiger partial charge in [-0.2, -0.15) is 0 Å². The van der Waals surface area contributed by atoms with Crippen LogP contribution in [0.5, 0.6) is 5.75 Å². The standard InChI is InChI=1S/C22H24N6O2S/c1-12(20(23)29)27(2)14-10-16-19-17(11-14)30-8-4-3-7-28(19)21(25-16)13-5-6-15-18(9-13)31-22(24)26-15/h5-6,9-12H,3-4,7-8H2,1-2H3,(H2,23,29)(H2,24,26)/t12-/m0/s1. The van der Waals surface area contributed by atoms with Gasteiger partial charge in [0.2, 0.25) is 5.91 Å². The van der Waals surface area contributed by atoms with Gasteiger partial charge in [-0.3, -0.25) is 4.79 Å². The Morgan fingerprint density at radius 3 is 2.87 bits per heavy atom. The molecule has 0 unspecified atom stereocenters. The van der Waals surface area contributed by atoms with Crippen molar-refractivity contribution in [3.63, 3.8) is 0 Å². The topological polar surface area (TPSA) is 112 Å². The van der Waals surface area contributed by atoms with Crippen molar-refractivity contribution >= 4 is 49.3 Å². The number of carbonyl (C=O) groups is 1.